The summed E-state index contributed by atoms with van der Waals surface area (Å²) in [6, 6.07) is 8.60. The summed E-state index contributed by atoms with van der Waals surface area (Å²) in [4.78, 5) is 61.9. The van der Waals surface area contributed by atoms with Crippen LogP contribution in [0.25, 0.3) is 0 Å². The van der Waals surface area contributed by atoms with Crippen molar-refractivity contribution in [3.05, 3.63) is 70.5 Å². The standard InChI is InChI=1S/C21H16FN3O5/c22-13-4-2-12(3-5-13)18(27)23-10-11-1-6-14-15(9-11)21(30)25(20(14)29)16-7-8-17(26)24-19(16)28/h1-6,9,16H,7-8,10H2,(H,23,27)(H,24,26,28). The van der Waals surface area contributed by atoms with Gasteiger partial charge in [0.1, 0.15) is 11.9 Å². The van der Waals surface area contributed by atoms with Gasteiger partial charge in [-0.2, -0.15) is 0 Å². The van der Waals surface area contributed by atoms with Crippen LogP contribution in [-0.4, -0.2) is 40.5 Å². The SMILES string of the molecule is O=C1CCC(N2C(=O)c3ccc(CNC(=O)c4ccc(F)cc4)cc3C2=O)C(=O)N1. The van der Waals surface area contributed by atoms with Crippen molar-refractivity contribution in [3.63, 3.8) is 0 Å². The van der Waals surface area contributed by atoms with E-state index in [0.717, 1.165) is 4.90 Å². The molecule has 30 heavy (non-hydrogen) atoms. The van der Waals surface area contributed by atoms with E-state index in [0.29, 0.717) is 5.56 Å². The molecule has 2 aliphatic rings. The topological polar surface area (TPSA) is 113 Å². The summed E-state index contributed by atoms with van der Waals surface area (Å²) in [6.45, 7) is 0.0867. The zero-order valence-corrected chi connectivity index (χ0v) is 15.6. The van der Waals surface area contributed by atoms with Crippen molar-refractivity contribution >= 4 is 29.5 Å². The summed E-state index contributed by atoms with van der Waals surface area (Å²) < 4.78 is 13.0. The highest BCUT2D eigenvalue weighted by molar-refractivity contribution is 6.23. The third-order valence-electron chi connectivity index (χ3n) is 5.06. The average Bonchev–Trinajstić information content (AvgIpc) is 2.97. The van der Waals surface area contributed by atoms with E-state index in [2.05, 4.69) is 10.6 Å². The van der Waals surface area contributed by atoms with E-state index in [1.165, 1.54) is 36.4 Å². The molecule has 2 aromatic carbocycles. The molecular formula is C21H16FN3O5. The van der Waals surface area contributed by atoms with Crippen LogP contribution in [0.15, 0.2) is 42.5 Å². The predicted molar refractivity (Wildman–Crippen MR) is 101 cm³/mol. The van der Waals surface area contributed by atoms with Crippen molar-refractivity contribution in [2.24, 2.45) is 0 Å². The summed E-state index contributed by atoms with van der Waals surface area (Å²) in [7, 11) is 0. The van der Waals surface area contributed by atoms with Crippen LogP contribution in [0.2, 0.25) is 0 Å². The van der Waals surface area contributed by atoms with Crippen LogP contribution < -0.4 is 10.6 Å². The van der Waals surface area contributed by atoms with Gasteiger partial charge >= 0.3 is 0 Å². The van der Waals surface area contributed by atoms with E-state index in [4.69, 9.17) is 0 Å². The first kappa shape index (κ1) is 19.4. The quantitative estimate of drug-likeness (QED) is 0.736. The summed E-state index contributed by atoms with van der Waals surface area (Å²) in [5.74, 6) is -3.18. The van der Waals surface area contributed by atoms with Gasteiger partial charge in [-0.25, -0.2) is 4.39 Å². The van der Waals surface area contributed by atoms with Gasteiger partial charge in [0.05, 0.1) is 11.1 Å². The van der Waals surface area contributed by atoms with Crippen LogP contribution in [0.5, 0.6) is 0 Å². The van der Waals surface area contributed by atoms with Crippen LogP contribution in [0.1, 0.15) is 49.5 Å². The number of carbonyl (C=O) groups is 5. The normalized spacial score (nSPS) is 18.3. The minimum atomic E-state index is -1.03. The number of hydrogen-bond acceptors (Lipinski definition) is 5. The molecule has 0 spiro atoms. The number of benzene rings is 2. The molecule has 4 rings (SSSR count). The van der Waals surface area contributed by atoms with Gasteiger partial charge in [-0.3, -0.25) is 34.2 Å². The maximum absolute atomic E-state index is 13.0. The Kier molecular flexibility index (Phi) is 4.86. The van der Waals surface area contributed by atoms with Gasteiger partial charge in [0.25, 0.3) is 17.7 Å². The predicted octanol–water partition coefficient (Wildman–Crippen LogP) is 1.16. The molecule has 1 saturated heterocycles. The van der Waals surface area contributed by atoms with Crippen molar-refractivity contribution in [1.29, 1.82) is 0 Å². The molecule has 0 radical (unpaired) electrons. The van der Waals surface area contributed by atoms with Crippen molar-refractivity contribution in [1.82, 2.24) is 15.5 Å². The third kappa shape index (κ3) is 3.45. The van der Waals surface area contributed by atoms with E-state index < -0.39 is 41.4 Å². The van der Waals surface area contributed by atoms with Gasteiger partial charge in [0, 0.05) is 18.5 Å². The fourth-order valence-corrected chi connectivity index (χ4v) is 3.51. The van der Waals surface area contributed by atoms with Crippen LogP contribution in [-0.2, 0) is 16.1 Å². The number of amides is 5. The van der Waals surface area contributed by atoms with Crippen molar-refractivity contribution in [2.75, 3.05) is 0 Å². The van der Waals surface area contributed by atoms with E-state index in [9.17, 15) is 28.4 Å². The highest BCUT2D eigenvalue weighted by Crippen LogP contribution is 2.28. The molecule has 1 fully saturated rings. The van der Waals surface area contributed by atoms with E-state index in [-0.39, 0.29) is 36.1 Å². The summed E-state index contributed by atoms with van der Waals surface area (Å²) in [5.41, 5.74) is 1.17. The Morgan fingerprint density at radius 2 is 1.73 bits per heavy atom. The molecule has 0 aliphatic carbocycles. The summed E-state index contributed by atoms with van der Waals surface area (Å²) >= 11 is 0. The molecule has 0 bridgehead atoms. The Bertz CT molecular complexity index is 1100. The van der Waals surface area contributed by atoms with Gasteiger partial charge in [-0.05, 0) is 48.4 Å². The number of fused-ring (bicyclic) bond motifs is 1. The number of hydrogen-bond donors (Lipinski definition) is 2. The van der Waals surface area contributed by atoms with Gasteiger partial charge in [0.15, 0.2) is 0 Å². The number of nitrogens with zero attached hydrogens (tertiary/aromatic N) is 1. The average molecular weight is 409 g/mol. The lowest BCUT2D eigenvalue weighted by Gasteiger charge is -2.27. The second-order valence-corrected chi connectivity index (χ2v) is 7.02. The van der Waals surface area contributed by atoms with E-state index in [1.54, 1.807) is 6.07 Å². The van der Waals surface area contributed by atoms with Crippen LogP contribution in [0.3, 0.4) is 0 Å². The second-order valence-electron chi connectivity index (χ2n) is 7.02. The van der Waals surface area contributed by atoms with Gasteiger partial charge in [-0.1, -0.05) is 6.07 Å². The fraction of sp³-hybridized carbons (Fsp3) is 0.190. The van der Waals surface area contributed by atoms with Crippen molar-refractivity contribution in [3.8, 4) is 0 Å². The first-order valence-corrected chi connectivity index (χ1v) is 9.23. The highest BCUT2D eigenvalue weighted by atomic mass is 19.1. The third-order valence-corrected chi connectivity index (χ3v) is 5.06. The van der Waals surface area contributed by atoms with Crippen molar-refractivity contribution < 1.29 is 28.4 Å². The number of halogens is 1. The number of carbonyl (C=O) groups excluding carboxylic acids is 5. The highest BCUT2D eigenvalue weighted by Gasteiger charge is 2.44. The summed E-state index contributed by atoms with van der Waals surface area (Å²) in [6.07, 6.45) is 0.126. The fourth-order valence-electron chi connectivity index (χ4n) is 3.51. The molecule has 2 aliphatic heterocycles. The number of nitrogens with one attached hydrogen (secondary N) is 2. The monoisotopic (exact) mass is 409 g/mol. The van der Waals surface area contributed by atoms with Gasteiger partial charge in [-0.15, -0.1) is 0 Å². The lowest BCUT2D eigenvalue weighted by atomic mass is 10.0. The van der Waals surface area contributed by atoms with E-state index in [1.807, 2.05) is 0 Å². The zero-order chi connectivity index (χ0) is 21.4. The van der Waals surface area contributed by atoms with E-state index >= 15 is 0 Å². The van der Waals surface area contributed by atoms with Crippen molar-refractivity contribution in [2.45, 2.75) is 25.4 Å². The summed E-state index contributed by atoms with van der Waals surface area (Å²) in [5, 5.41) is 4.81. The molecule has 0 saturated carbocycles. The molecule has 1 unspecified atom stereocenters. The lowest BCUT2D eigenvalue weighted by molar-refractivity contribution is -0.136. The lowest BCUT2D eigenvalue weighted by Crippen LogP contribution is -2.54. The molecule has 1 atom stereocenters. The van der Waals surface area contributed by atoms with Gasteiger partial charge < -0.3 is 5.32 Å². The Morgan fingerprint density at radius 3 is 2.43 bits per heavy atom. The Hall–Kier alpha value is -3.88. The second kappa shape index (κ2) is 7.51. The molecule has 5 amide bonds. The van der Waals surface area contributed by atoms with Crippen LogP contribution >= 0.6 is 0 Å². The maximum atomic E-state index is 13.0. The Labute approximate surface area is 170 Å². The maximum Gasteiger partial charge on any atom is 0.262 e. The Morgan fingerprint density at radius 1 is 1.03 bits per heavy atom. The number of rotatable bonds is 4. The Balaban J connectivity index is 1.49. The first-order valence-electron chi connectivity index (χ1n) is 9.23. The number of imide groups is 2. The minimum absolute atomic E-state index is 0.0461. The minimum Gasteiger partial charge on any atom is -0.348 e. The molecule has 0 aromatic heterocycles. The molecule has 8 nitrogen and oxygen atoms in total. The molecule has 2 aromatic rings. The largest absolute Gasteiger partial charge is 0.348 e. The molecular weight excluding hydrogens is 393 g/mol. The number of piperidine rings is 1. The first-order chi connectivity index (χ1) is 14.3. The molecule has 9 heteroatoms. The molecule has 152 valence electrons. The van der Waals surface area contributed by atoms with Gasteiger partial charge in [0.2, 0.25) is 11.8 Å². The van der Waals surface area contributed by atoms with Crippen LogP contribution in [0, 0.1) is 5.82 Å². The van der Waals surface area contributed by atoms with Crippen LogP contribution in [0.4, 0.5) is 4.39 Å². The molecule has 2 N–H and O–H groups in total. The molecule has 2 heterocycles. The zero-order valence-electron chi connectivity index (χ0n) is 15.6. The smallest absolute Gasteiger partial charge is 0.262 e.